The lowest BCUT2D eigenvalue weighted by molar-refractivity contribution is 0.584. The van der Waals surface area contributed by atoms with Gasteiger partial charge in [-0.25, -0.2) is 0 Å². The Morgan fingerprint density at radius 2 is 1.88 bits per heavy atom. The van der Waals surface area contributed by atoms with Gasteiger partial charge in [0.15, 0.2) is 0 Å². The molecule has 2 rings (SSSR count). The fraction of sp³-hybridized carbons (Fsp3) is 0.533. The summed E-state index contributed by atoms with van der Waals surface area (Å²) in [5, 5.41) is 0.844. The van der Waals surface area contributed by atoms with Crippen LogP contribution in [0, 0.1) is 5.41 Å². The fourth-order valence-corrected chi connectivity index (χ4v) is 2.56. The second-order valence-electron chi connectivity index (χ2n) is 6.12. The number of fused-ring (bicyclic) bond motifs is 1. The van der Waals surface area contributed by atoms with E-state index < -0.39 is 0 Å². The average Bonchev–Trinajstić information content (AvgIpc) is 2.61. The lowest BCUT2D eigenvalue weighted by Gasteiger charge is -2.17. The minimum atomic E-state index is 0.125. The van der Waals surface area contributed by atoms with Crippen LogP contribution in [0.15, 0.2) is 17.1 Å². The highest BCUT2D eigenvalue weighted by molar-refractivity contribution is 6.34. The Morgan fingerprint density at radius 1 is 1.24 bits per heavy atom. The minimum absolute atomic E-state index is 0.125. The largest absolute Gasteiger partial charge is 0.255 e. The zero-order valence-electron chi connectivity index (χ0n) is 11.3. The maximum Gasteiger partial charge on any atom is 0.0854 e. The first-order valence-corrected chi connectivity index (χ1v) is 6.58. The number of nitrogens with zero attached hydrogens (tertiary/aromatic N) is 1. The van der Waals surface area contributed by atoms with Crippen molar-refractivity contribution in [1.82, 2.24) is 0 Å². The molecule has 0 unspecified atom stereocenters. The summed E-state index contributed by atoms with van der Waals surface area (Å²) in [4.78, 5) is 4.75. The molecule has 1 heterocycles. The van der Waals surface area contributed by atoms with Gasteiger partial charge in [0, 0.05) is 17.5 Å². The molecular formula is C15H20ClN. The van der Waals surface area contributed by atoms with Crippen molar-refractivity contribution in [1.29, 1.82) is 0 Å². The van der Waals surface area contributed by atoms with Gasteiger partial charge in [-0.15, -0.1) is 0 Å². The first kappa shape index (κ1) is 12.6. The van der Waals surface area contributed by atoms with Crippen molar-refractivity contribution in [3.63, 3.8) is 0 Å². The van der Waals surface area contributed by atoms with Gasteiger partial charge in [0.1, 0.15) is 0 Å². The average molecular weight is 250 g/mol. The van der Waals surface area contributed by atoms with E-state index >= 15 is 0 Å². The summed E-state index contributed by atoms with van der Waals surface area (Å²) in [5.74, 6) is 0.446. The summed E-state index contributed by atoms with van der Waals surface area (Å²) in [6.07, 6.45) is 0.941. The van der Waals surface area contributed by atoms with Crippen LogP contribution in [-0.2, 0) is 6.42 Å². The second kappa shape index (κ2) is 4.13. The number of aliphatic imine (C=N–C) groups is 1. The summed E-state index contributed by atoms with van der Waals surface area (Å²) >= 11 is 6.46. The summed E-state index contributed by atoms with van der Waals surface area (Å²) < 4.78 is 0. The van der Waals surface area contributed by atoms with Crippen LogP contribution in [0.3, 0.4) is 0 Å². The van der Waals surface area contributed by atoms with Crippen molar-refractivity contribution in [3.8, 4) is 0 Å². The Labute approximate surface area is 109 Å². The molecular weight excluding hydrogens is 230 g/mol. The Kier molecular flexibility index (Phi) is 3.07. The molecule has 0 amide bonds. The molecule has 0 saturated heterocycles. The standard InChI is InChI=1S/C15H20ClN/c1-9(2)11-7-6-10-8-12(15(3,4)5)17-14(10)13(11)16/h6-7,9H,8H2,1-5H3. The first-order chi connectivity index (χ1) is 7.80. The molecule has 0 aliphatic carbocycles. The Bertz CT molecular complexity index is 478. The molecule has 17 heavy (non-hydrogen) atoms. The predicted octanol–water partition coefficient (Wildman–Crippen LogP) is 5.14. The quantitative estimate of drug-likeness (QED) is 0.654. The van der Waals surface area contributed by atoms with E-state index in [0.717, 1.165) is 17.1 Å². The molecule has 1 aromatic carbocycles. The van der Waals surface area contributed by atoms with Crippen LogP contribution in [0.5, 0.6) is 0 Å². The van der Waals surface area contributed by atoms with Gasteiger partial charge in [-0.3, -0.25) is 4.99 Å². The van der Waals surface area contributed by atoms with Crippen molar-refractivity contribution >= 4 is 23.0 Å². The highest BCUT2D eigenvalue weighted by Crippen LogP contribution is 2.41. The third-order valence-electron chi connectivity index (χ3n) is 3.32. The van der Waals surface area contributed by atoms with Crippen LogP contribution in [0.25, 0.3) is 0 Å². The normalized spacial score (nSPS) is 15.1. The van der Waals surface area contributed by atoms with E-state index in [4.69, 9.17) is 16.6 Å². The van der Waals surface area contributed by atoms with Crippen molar-refractivity contribution in [3.05, 3.63) is 28.3 Å². The van der Waals surface area contributed by atoms with Gasteiger partial charge in [-0.1, -0.05) is 58.4 Å². The molecule has 1 nitrogen and oxygen atoms in total. The summed E-state index contributed by atoms with van der Waals surface area (Å²) in [5.41, 5.74) is 4.83. The molecule has 1 aliphatic heterocycles. The third kappa shape index (κ3) is 2.26. The molecule has 2 heteroatoms. The van der Waals surface area contributed by atoms with E-state index in [0.29, 0.717) is 5.92 Å². The van der Waals surface area contributed by atoms with E-state index in [1.807, 2.05) is 0 Å². The van der Waals surface area contributed by atoms with Crippen molar-refractivity contribution in [2.45, 2.75) is 47.0 Å². The lowest BCUT2D eigenvalue weighted by atomic mass is 9.87. The molecule has 0 N–H and O–H groups in total. The van der Waals surface area contributed by atoms with Crippen LogP contribution in [0.2, 0.25) is 5.02 Å². The fourth-order valence-electron chi connectivity index (χ4n) is 2.12. The van der Waals surface area contributed by atoms with Crippen LogP contribution < -0.4 is 0 Å². The second-order valence-corrected chi connectivity index (χ2v) is 6.49. The van der Waals surface area contributed by atoms with E-state index in [2.05, 4.69) is 46.8 Å². The smallest absolute Gasteiger partial charge is 0.0854 e. The highest BCUT2D eigenvalue weighted by atomic mass is 35.5. The Morgan fingerprint density at radius 3 is 2.41 bits per heavy atom. The van der Waals surface area contributed by atoms with E-state index in [-0.39, 0.29) is 5.41 Å². The lowest BCUT2D eigenvalue weighted by Crippen LogP contribution is -2.19. The third-order valence-corrected chi connectivity index (χ3v) is 3.72. The van der Waals surface area contributed by atoms with Crippen LogP contribution in [0.4, 0.5) is 5.69 Å². The van der Waals surface area contributed by atoms with Gasteiger partial charge >= 0.3 is 0 Å². The summed E-state index contributed by atoms with van der Waals surface area (Å²) in [7, 11) is 0. The number of hydrogen-bond donors (Lipinski definition) is 0. The van der Waals surface area contributed by atoms with Crippen LogP contribution in [-0.4, -0.2) is 5.71 Å². The molecule has 0 atom stereocenters. The number of rotatable bonds is 1. The van der Waals surface area contributed by atoms with Gasteiger partial charge in [0.2, 0.25) is 0 Å². The van der Waals surface area contributed by atoms with Gasteiger partial charge in [-0.2, -0.15) is 0 Å². The number of hydrogen-bond acceptors (Lipinski definition) is 1. The topological polar surface area (TPSA) is 12.4 Å². The maximum absolute atomic E-state index is 6.46. The Hall–Kier alpha value is -0.820. The molecule has 0 spiro atoms. The zero-order chi connectivity index (χ0) is 12.8. The molecule has 0 radical (unpaired) electrons. The van der Waals surface area contributed by atoms with Crippen LogP contribution >= 0.6 is 11.6 Å². The molecule has 92 valence electrons. The van der Waals surface area contributed by atoms with Gasteiger partial charge < -0.3 is 0 Å². The van der Waals surface area contributed by atoms with Gasteiger partial charge in [0.05, 0.1) is 10.7 Å². The Balaban J connectivity index is 2.49. The predicted molar refractivity (Wildman–Crippen MR) is 75.8 cm³/mol. The zero-order valence-corrected chi connectivity index (χ0v) is 12.0. The first-order valence-electron chi connectivity index (χ1n) is 6.20. The highest BCUT2D eigenvalue weighted by Gasteiger charge is 2.27. The van der Waals surface area contributed by atoms with E-state index in [1.165, 1.54) is 16.8 Å². The molecule has 1 aromatic rings. The maximum atomic E-state index is 6.46. The number of halogens is 1. The van der Waals surface area contributed by atoms with Crippen LogP contribution in [0.1, 0.15) is 51.7 Å². The van der Waals surface area contributed by atoms with E-state index in [9.17, 15) is 0 Å². The summed E-state index contributed by atoms with van der Waals surface area (Å²) in [6.45, 7) is 10.9. The van der Waals surface area contributed by atoms with Crippen molar-refractivity contribution in [2.75, 3.05) is 0 Å². The SMILES string of the molecule is CC(C)c1ccc2c(c1Cl)N=C(C(C)(C)C)C2. The molecule has 0 fully saturated rings. The van der Waals surface area contributed by atoms with Crippen molar-refractivity contribution < 1.29 is 0 Å². The van der Waals surface area contributed by atoms with Gasteiger partial charge in [-0.05, 0) is 17.0 Å². The molecule has 0 aromatic heterocycles. The summed E-state index contributed by atoms with van der Waals surface area (Å²) in [6, 6.07) is 4.33. The molecule has 0 bridgehead atoms. The minimum Gasteiger partial charge on any atom is -0.255 e. The monoisotopic (exact) mass is 249 g/mol. The van der Waals surface area contributed by atoms with Crippen molar-refractivity contribution in [2.24, 2.45) is 10.4 Å². The molecule has 1 aliphatic rings. The number of benzene rings is 1. The molecule has 0 saturated carbocycles. The van der Waals surface area contributed by atoms with Gasteiger partial charge in [0.25, 0.3) is 0 Å². The van der Waals surface area contributed by atoms with E-state index in [1.54, 1.807) is 0 Å².